The second kappa shape index (κ2) is 3.76. The highest BCUT2D eigenvalue weighted by Gasteiger charge is 2.36. The molecule has 1 fully saturated rings. The van der Waals surface area contributed by atoms with Crippen molar-refractivity contribution >= 4 is 12.2 Å². The second-order valence-corrected chi connectivity index (χ2v) is 3.79. The number of primary amides is 1. The first-order valence-electron chi connectivity index (χ1n) is 4.85. The van der Waals surface area contributed by atoms with E-state index in [2.05, 4.69) is 17.5 Å². The molecule has 1 aliphatic carbocycles. The molecule has 2 amide bonds. The van der Waals surface area contributed by atoms with Gasteiger partial charge in [-0.25, -0.2) is 10.2 Å². The van der Waals surface area contributed by atoms with Crippen LogP contribution in [0.15, 0.2) is 21.7 Å². The summed E-state index contributed by atoms with van der Waals surface area (Å²) in [4.78, 5) is 10.3. The summed E-state index contributed by atoms with van der Waals surface area (Å²) < 4.78 is 5.52. The highest BCUT2D eigenvalue weighted by atomic mass is 16.3. The molecule has 3 N–H and O–H groups in total. The van der Waals surface area contributed by atoms with Crippen LogP contribution < -0.4 is 11.2 Å². The predicted molar refractivity (Wildman–Crippen MR) is 55.5 cm³/mol. The summed E-state index contributed by atoms with van der Waals surface area (Å²) in [5.41, 5.74) is 6.95. The summed E-state index contributed by atoms with van der Waals surface area (Å²) in [7, 11) is 0. The molecule has 0 aliphatic heterocycles. The molecule has 2 rings (SSSR count). The topological polar surface area (TPSA) is 80.6 Å². The molecule has 0 saturated heterocycles. The van der Waals surface area contributed by atoms with Gasteiger partial charge in [-0.05, 0) is 24.5 Å². The fourth-order valence-corrected chi connectivity index (χ4v) is 1.52. The SMILES string of the molecule is CC1CC1c1ccc(C=NNC(N)=O)o1. The molecular formula is C10H13N3O2. The minimum atomic E-state index is -0.686. The van der Waals surface area contributed by atoms with Crippen molar-refractivity contribution in [2.75, 3.05) is 0 Å². The standard InChI is InChI=1S/C10H13N3O2/c1-6-4-8(6)9-3-2-7(15-9)5-12-13-10(11)14/h2-3,5-6,8H,4H2,1H3,(H3,11,13,14). The van der Waals surface area contributed by atoms with E-state index in [1.807, 2.05) is 12.1 Å². The fraction of sp³-hybridized carbons (Fsp3) is 0.400. The zero-order valence-corrected chi connectivity index (χ0v) is 8.43. The first kappa shape index (κ1) is 9.76. The van der Waals surface area contributed by atoms with Crippen molar-refractivity contribution in [3.63, 3.8) is 0 Å². The Morgan fingerprint density at radius 1 is 1.73 bits per heavy atom. The van der Waals surface area contributed by atoms with E-state index in [1.54, 1.807) is 0 Å². The summed E-state index contributed by atoms with van der Waals surface area (Å²) in [6.07, 6.45) is 2.62. The Labute approximate surface area is 87.3 Å². The van der Waals surface area contributed by atoms with Crippen LogP contribution in [0.1, 0.15) is 30.8 Å². The number of furan rings is 1. The number of carbonyl (C=O) groups is 1. The number of hydrogen-bond donors (Lipinski definition) is 2. The van der Waals surface area contributed by atoms with Crippen LogP contribution >= 0.6 is 0 Å². The van der Waals surface area contributed by atoms with Gasteiger partial charge in [0.1, 0.15) is 11.5 Å². The molecule has 80 valence electrons. The van der Waals surface area contributed by atoms with Gasteiger partial charge in [-0.1, -0.05) is 6.92 Å². The van der Waals surface area contributed by atoms with E-state index < -0.39 is 6.03 Å². The van der Waals surface area contributed by atoms with Crippen LogP contribution in [-0.4, -0.2) is 12.2 Å². The molecule has 15 heavy (non-hydrogen) atoms. The predicted octanol–water partition coefficient (Wildman–Crippen LogP) is 1.41. The largest absolute Gasteiger partial charge is 0.460 e. The van der Waals surface area contributed by atoms with Gasteiger partial charge in [0.05, 0.1) is 6.21 Å². The highest BCUT2D eigenvalue weighted by Crippen LogP contribution is 2.47. The fourth-order valence-electron chi connectivity index (χ4n) is 1.52. The van der Waals surface area contributed by atoms with Gasteiger partial charge in [-0.15, -0.1) is 0 Å². The van der Waals surface area contributed by atoms with Crippen molar-refractivity contribution in [3.05, 3.63) is 23.7 Å². The van der Waals surface area contributed by atoms with Crippen molar-refractivity contribution < 1.29 is 9.21 Å². The number of nitrogens with two attached hydrogens (primary N) is 1. The number of rotatable bonds is 3. The van der Waals surface area contributed by atoms with Gasteiger partial charge in [0.15, 0.2) is 0 Å². The normalized spacial score (nSPS) is 24.3. The lowest BCUT2D eigenvalue weighted by Crippen LogP contribution is -2.24. The molecule has 5 nitrogen and oxygen atoms in total. The number of amides is 2. The highest BCUT2D eigenvalue weighted by molar-refractivity contribution is 5.78. The summed E-state index contributed by atoms with van der Waals surface area (Å²) in [5, 5.41) is 3.61. The molecule has 0 spiro atoms. The Kier molecular flexibility index (Phi) is 2.45. The van der Waals surface area contributed by atoms with Crippen LogP contribution in [-0.2, 0) is 0 Å². The van der Waals surface area contributed by atoms with E-state index in [-0.39, 0.29) is 0 Å². The van der Waals surface area contributed by atoms with Crippen molar-refractivity contribution in [2.24, 2.45) is 16.8 Å². The first-order valence-corrected chi connectivity index (χ1v) is 4.85. The molecule has 1 aromatic heterocycles. The number of hydrazone groups is 1. The number of nitrogens with zero attached hydrogens (tertiary/aromatic N) is 1. The number of carbonyl (C=O) groups excluding carboxylic acids is 1. The summed E-state index contributed by atoms with van der Waals surface area (Å²) in [5.74, 6) is 2.88. The molecule has 1 saturated carbocycles. The summed E-state index contributed by atoms with van der Waals surface area (Å²) in [6.45, 7) is 2.19. The minimum absolute atomic E-state index is 0.552. The third-order valence-electron chi connectivity index (χ3n) is 2.49. The van der Waals surface area contributed by atoms with E-state index >= 15 is 0 Å². The van der Waals surface area contributed by atoms with Crippen molar-refractivity contribution in [1.29, 1.82) is 0 Å². The maximum atomic E-state index is 10.3. The van der Waals surface area contributed by atoms with Gasteiger partial charge in [-0.2, -0.15) is 5.10 Å². The third kappa shape index (κ3) is 2.37. The van der Waals surface area contributed by atoms with E-state index in [0.29, 0.717) is 17.6 Å². The van der Waals surface area contributed by atoms with Gasteiger partial charge in [0.25, 0.3) is 0 Å². The molecule has 0 radical (unpaired) electrons. The Balaban J connectivity index is 1.95. The molecule has 0 aromatic carbocycles. The Morgan fingerprint density at radius 2 is 2.47 bits per heavy atom. The molecule has 5 heteroatoms. The number of nitrogens with one attached hydrogen (secondary N) is 1. The molecule has 1 heterocycles. The van der Waals surface area contributed by atoms with Crippen LogP contribution in [0, 0.1) is 5.92 Å². The molecular weight excluding hydrogens is 194 g/mol. The number of hydrogen-bond acceptors (Lipinski definition) is 3. The maximum Gasteiger partial charge on any atom is 0.332 e. The molecule has 1 aromatic rings. The Bertz CT molecular complexity index is 397. The lowest BCUT2D eigenvalue weighted by atomic mass is 10.3. The quantitative estimate of drug-likeness (QED) is 0.580. The molecule has 2 atom stereocenters. The third-order valence-corrected chi connectivity index (χ3v) is 2.49. The van der Waals surface area contributed by atoms with E-state index in [0.717, 1.165) is 5.76 Å². The molecule has 2 unspecified atom stereocenters. The van der Waals surface area contributed by atoms with E-state index in [9.17, 15) is 4.79 Å². The van der Waals surface area contributed by atoms with Gasteiger partial charge >= 0.3 is 6.03 Å². The maximum absolute atomic E-state index is 10.3. The van der Waals surface area contributed by atoms with Crippen LogP contribution in [0.25, 0.3) is 0 Å². The van der Waals surface area contributed by atoms with Gasteiger partial charge in [0.2, 0.25) is 0 Å². The van der Waals surface area contributed by atoms with Crippen LogP contribution in [0.3, 0.4) is 0 Å². The van der Waals surface area contributed by atoms with Gasteiger partial charge < -0.3 is 10.2 Å². The lowest BCUT2D eigenvalue weighted by molar-refractivity contribution is 0.249. The zero-order chi connectivity index (χ0) is 10.8. The summed E-state index contributed by atoms with van der Waals surface area (Å²) >= 11 is 0. The van der Waals surface area contributed by atoms with E-state index in [1.165, 1.54) is 12.6 Å². The van der Waals surface area contributed by atoms with Crippen molar-refractivity contribution in [2.45, 2.75) is 19.3 Å². The zero-order valence-electron chi connectivity index (χ0n) is 8.43. The van der Waals surface area contributed by atoms with Crippen LogP contribution in [0.4, 0.5) is 4.79 Å². The van der Waals surface area contributed by atoms with Crippen molar-refractivity contribution in [1.82, 2.24) is 5.43 Å². The smallest absolute Gasteiger partial charge is 0.332 e. The molecule has 0 bridgehead atoms. The first-order chi connectivity index (χ1) is 7.16. The Hall–Kier alpha value is -1.78. The lowest BCUT2D eigenvalue weighted by Gasteiger charge is -1.91. The average Bonchev–Trinajstić information content (AvgIpc) is 2.73. The minimum Gasteiger partial charge on any atom is -0.460 e. The molecule has 1 aliphatic rings. The van der Waals surface area contributed by atoms with Crippen molar-refractivity contribution in [3.8, 4) is 0 Å². The van der Waals surface area contributed by atoms with Gasteiger partial charge in [0, 0.05) is 5.92 Å². The monoisotopic (exact) mass is 207 g/mol. The van der Waals surface area contributed by atoms with Crippen LogP contribution in [0.2, 0.25) is 0 Å². The van der Waals surface area contributed by atoms with Gasteiger partial charge in [-0.3, -0.25) is 0 Å². The number of urea groups is 1. The van der Waals surface area contributed by atoms with Crippen LogP contribution in [0.5, 0.6) is 0 Å². The van der Waals surface area contributed by atoms with E-state index in [4.69, 9.17) is 10.2 Å². The summed E-state index contributed by atoms with van der Waals surface area (Å²) in [6, 6.07) is 3.08. The second-order valence-electron chi connectivity index (χ2n) is 3.79. The Morgan fingerprint density at radius 3 is 3.07 bits per heavy atom. The average molecular weight is 207 g/mol.